The fourth-order valence-electron chi connectivity index (χ4n) is 1.95. The molecule has 0 aromatic heterocycles. The number of thioether (sulfide) groups is 1. The van der Waals surface area contributed by atoms with E-state index in [1.165, 1.54) is 30.3 Å². The molecule has 6 nitrogen and oxygen atoms in total. The third-order valence-corrected chi connectivity index (χ3v) is 4.24. The van der Waals surface area contributed by atoms with Gasteiger partial charge in [-0.2, -0.15) is 0 Å². The topological polar surface area (TPSA) is 81.5 Å². The average molecular weight is 364 g/mol. The van der Waals surface area contributed by atoms with Crippen LogP contribution in [-0.4, -0.2) is 29.7 Å². The molecular weight excluding hydrogens is 347 g/mol. The Hall–Kier alpha value is -2.61. The first-order valence-electron chi connectivity index (χ1n) is 7.57. The number of ether oxygens (including phenoxy) is 1. The third-order valence-electron chi connectivity index (χ3n) is 3.15. The summed E-state index contributed by atoms with van der Waals surface area (Å²) in [7, 11) is 0. The maximum Gasteiger partial charge on any atom is 0.310 e. The zero-order valence-corrected chi connectivity index (χ0v) is 14.1. The van der Waals surface area contributed by atoms with E-state index in [1.807, 2.05) is 0 Å². The maximum atomic E-state index is 12.8. The molecule has 0 atom stereocenters. The Labute approximate surface area is 148 Å². The second-order valence-corrected chi connectivity index (χ2v) is 6.19. The summed E-state index contributed by atoms with van der Waals surface area (Å²) in [4.78, 5) is 23.0. The molecule has 1 amide bonds. The number of para-hydroxylation sites is 2. The smallest absolute Gasteiger partial charge is 0.310 e. The maximum absolute atomic E-state index is 12.8. The van der Waals surface area contributed by atoms with Gasteiger partial charge in [-0.1, -0.05) is 12.1 Å². The minimum absolute atomic E-state index is 0.0644. The second kappa shape index (κ2) is 9.63. The molecule has 0 heterocycles. The Kier molecular flexibility index (Phi) is 7.21. The van der Waals surface area contributed by atoms with Crippen LogP contribution in [0, 0.1) is 15.9 Å². The SMILES string of the molecule is O=C(COc1ccccc1[N+](=O)[O-])NCCCSc1ccc(F)cc1. The molecule has 0 fully saturated rings. The molecule has 0 saturated heterocycles. The molecule has 1 N–H and O–H groups in total. The Morgan fingerprint density at radius 3 is 2.64 bits per heavy atom. The van der Waals surface area contributed by atoms with Crippen LogP contribution < -0.4 is 10.1 Å². The highest BCUT2D eigenvalue weighted by molar-refractivity contribution is 7.99. The van der Waals surface area contributed by atoms with Crippen LogP contribution in [0.5, 0.6) is 5.75 Å². The van der Waals surface area contributed by atoms with Gasteiger partial charge in [0.1, 0.15) is 5.82 Å². The lowest BCUT2D eigenvalue weighted by molar-refractivity contribution is -0.385. The summed E-state index contributed by atoms with van der Waals surface area (Å²) in [6.07, 6.45) is 0.735. The highest BCUT2D eigenvalue weighted by Crippen LogP contribution is 2.25. The number of halogens is 1. The van der Waals surface area contributed by atoms with Crippen molar-refractivity contribution < 1.29 is 18.8 Å². The fourth-order valence-corrected chi connectivity index (χ4v) is 2.80. The van der Waals surface area contributed by atoms with Crippen LogP contribution in [0.2, 0.25) is 0 Å². The van der Waals surface area contributed by atoms with Crippen LogP contribution in [0.15, 0.2) is 53.4 Å². The van der Waals surface area contributed by atoms with Gasteiger partial charge in [-0.15, -0.1) is 11.8 Å². The molecule has 2 aromatic carbocycles. The lowest BCUT2D eigenvalue weighted by atomic mass is 10.3. The van der Waals surface area contributed by atoms with Gasteiger partial charge in [0.2, 0.25) is 0 Å². The van der Waals surface area contributed by atoms with Crippen LogP contribution in [0.3, 0.4) is 0 Å². The number of carbonyl (C=O) groups is 1. The lowest BCUT2D eigenvalue weighted by Gasteiger charge is -2.08. The quantitative estimate of drug-likeness (QED) is 0.319. The normalized spacial score (nSPS) is 10.3. The molecule has 0 aliphatic carbocycles. The number of amides is 1. The van der Waals surface area contributed by atoms with E-state index in [2.05, 4.69) is 5.32 Å². The number of hydrogen-bond acceptors (Lipinski definition) is 5. The first-order chi connectivity index (χ1) is 12.1. The van der Waals surface area contributed by atoms with E-state index in [0.29, 0.717) is 6.54 Å². The standard InChI is InChI=1S/C17H17FN2O4S/c18-13-6-8-14(9-7-13)25-11-3-10-19-17(21)12-24-16-5-2-1-4-15(16)20(22)23/h1-2,4-9H,3,10-12H2,(H,19,21). The van der Waals surface area contributed by atoms with Crippen molar-refractivity contribution in [3.8, 4) is 5.75 Å². The van der Waals surface area contributed by atoms with Crippen molar-refractivity contribution >= 4 is 23.4 Å². The third kappa shape index (κ3) is 6.42. The zero-order valence-electron chi connectivity index (χ0n) is 13.3. The molecule has 0 spiro atoms. The summed E-state index contributed by atoms with van der Waals surface area (Å²) in [6.45, 7) is 0.184. The van der Waals surface area contributed by atoms with Gasteiger partial charge >= 0.3 is 5.69 Å². The van der Waals surface area contributed by atoms with Gasteiger partial charge in [0.25, 0.3) is 5.91 Å². The van der Waals surface area contributed by atoms with Crippen LogP contribution in [-0.2, 0) is 4.79 Å². The largest absolute Gasteiger partial charge is 0.477 e. The van der Waals surface area contributed by atoms with Crippen molar-refractivity contribution in [2.24, 2.45) is 0 Å². The number of rotatable bonds is 9. The molecule has 2 rings (SSSR count). The fraction of sp³-hybridized carbons (Fsp3) is 0.235. The van der Waals surface area contributed by atoms with Crippen molar-refractivity contribution in [1.29, 1.82) is 0 Å². The predicted octanol–water partition coefficient (Wildman–Crippen LogP) is 3.41. The Morgan fingerprint density at radius 1 is 1.20 bits per heavy atom. The van der Waals surface area contributed by atoms with E-state index in [1.54, 1.807) is 30.0 Å². The first-order valence-corrected chi connectivity index (χ1v) is 8.56. The van der Waals surface area contributed by atoms with E-state index in [4.69, 9.17) is 4.74 Å². The molecule has 25 heavy (non-hydrogen) atoms. The van der Waals surface area contributed by atoms with Gasteiger partial charge in [0, 0.05) is 17.5 Å². The van der Waals surface area contributed by atoms with Gasteiger partial charge in [0.15, 0.2) is 12.4 Å². The van der Waals surface area contributed by atoms with Crippen molar-refractivity contribution in [2.75, 3.05) is 18.9 Å². The van der Waals surface area contributed by atoms with Crippen molar-refractivity contribution in [1.82, 2.24) is 5.32 Å². The molecule has 8 heteroatoms. The summed E-state index contributed by atoms with van der Waals surface area (Å²) >= 11 is 1.57. The first kappa shape index (κ1) is 18.7. The molecule has 132 valence electrons. The number of carbonyl (C=O) groups excluding carboxylic acids is 1. The van der Waals surface area contributed by atoms with E-state index in [0.717, 1.165) is 17.1 Å². The molecule has 0 saturated carbocycles. The Bertz CT molecular complexity index is 725. The van der Waals surface area contributed by atoms with Crippen molar-refractivity contribution in [3.05, 3.63) is 64.5 Å². The Balaban J connectivity index is 1.64. The number of nitrogens with one attached hydrogen (secondary N) is 1. The van der Waals surface area contributed by atoms with Crippen LogP contribution in [0.1, 0.15) is 6.42 Å². The van der Waals surface area contributed by atoms with E-state index in [-0.39, 0.29) is 29.8 Å². The summed E-state index contributed by atoms with van der Waals surface area (Å²) in [6, 6.07) is 12.1. The number of nitro benzene ring substituents is 1. The zero-order chi connectivity index (χ0) is 18.1. The average Bonchev–Trinajstić information content (AvgIpc) is 2.61. The number of hydrogen-bond donors (Lipinski definition) is 1. The second-order valence-electron chi connectivity index (χ2n) is 5.02. The molecule has 0 aliphatic heterocycles. The summed E-state index contributed by atoms with van der Waals surface area (Å²) in [5.74, 6) is 0.228. The molecule has 0 bridgehead atoms. The molecule has 0 aliphatic rings. The minimum Gasteiger partial charge on any atom is -0.477 e. The monoisotopic (exact) mass is 364 g/mol. The number of nitrogens with zero attached hydrogens (tertiary/aromatic N) is 1. The summed E-state index contributed by atoms with van der Waals surface area (Å²) in [5.41, 5.74) is -0.175. The van der Waals surface area contributed by atoms with Gasteiger partial charge in [-0.3, -0.25) is 14.9 Å². The summed E-state index contributed by atoms with van der Waals surface area (Å²) < 4.78 is 18.0. The van der Waals surface area contributed by atoms with E-state index in [9.17, 15) is 19.3 Å². The Morgan fingerprint density at radius 2 is 1.92 bits per heavy atom. The van der Waals surface area contributed by atoms with Crippen molar-refractivity contribution in [3.63, 3.8) is 0 Å². The summed E-state index contributed by atoms with van der Waals surface area (Å²) in [5, 5.41) is 13.5. The molecule has 2 aromatic rings. The van der Waals surface area contributed by atoms with Crippen LogP contribution >= 0.6 is 11.8 Å². The van der Waals surface area contributed by atoms with Crippen LogP contribution in [0.4, 0.5) is 10.1 Å². The number of benzene rings is 2. The molecular formula is C17H17FN2O4S. The highest BCUT2D eigenvalue weighted by Gasteiger charge is 2.14. The molecule has 0 radical (unpaired) electrons. The highest BCUT2D eigenvalue weighted by atomic mass is 32.2. The van der Waals surface area contributed by atoms with Gasteiger partial charge in [-0.25, -0.2) is 4.39 Å². The van der Waals surface area contributed by atoms with Gasteiger partial charge in [0.05, 0.1) is 4.92 Å². The van der Waals surface area contributed by atoms with Crippen LogP contribution in [0.25, 0.3) is 0 Å². The lowest BCUT2D eigenvalue weighted by Crippen LogP contribution is -2.30. The van der Waals surface area contributed by atoms with Gasteiger partial charge in [-0.05, 0) is 42.5 Å². The minimum atomic E-state index is -0.556. The number of nitro groups is 1. The van der Waals surface area contributed by atoms with E-state index >= 15 is 0 Å². The van der Waals surface area contributed by atoms with Crippen molar-refractivity contribution in [2.45, 2.75) is 11.3 Å². The van der Waals surface area contributed by atoms with Gasteiger partial charge < -0.3 is 10.1 Å². The van der Waals surface area contributed by atoms with E-state index < -0.39 is 4.92 Å². The predicted molar refractivity (Wildman–Crippen MR) is 93.3 cm³/mol. The molecule has 0 unspecified atom stereocenters.